The molecule has 102 valence electrons. The van der Waals surface area contributed by atoms with Gasteiger partial charge in [-0.2, -0.15) is 0 Å². The number of carbonyl (C=O) groups is 1. The van der Waals surface area contributed by atoms with E-state index < -0.39 is 0 Å². The molecule has 0 spiro atoms. The van der Waals surface area contributed by atoms with Crippen LogP contribution in [-0.4, -0.2) is 12.7 Å². The van der Waals surface area contributed by atoms with E-state index in [1.165, 1.54) is 0 Å². The van der Waals surface area contributed by atoms with Gasteiger partial charge in [-0.3, -0.25) is 4.79 Å². The van der Waals surface area contributed by atoms with Crippen molar-refractivity contribution in [3.8, 4) is 11.5 Å². The number of para-hydroxylation sites is 1. The van der Waals surface area contributed by atoms with Gasteiger partial charge in [0.2, 0.25) is 6.79 Å². The maximum Gasteiger partial charge on any atom is 0.259 e. The van der Waals surface area contributed by atoms with E-state index in [4.69, 9.17) is 9.47 Å². The van der Waals surface area contributed by atoms with E-state index in [2.05, 4.69) is 5.32 Å². The fourth-order valence-corrected chi connectivity index (χ4v) is 2.19. The van der Waals surface area contributed by atoms with Crippen molar-refractivity contribution in [2.24, 2.45) is 0 Å². The number of ether oxygens (including phenoxy) is 2. The predicted molar refractivity (Wildman–Crippen MR) is 76.4 cm³/mol. The van der Waals surface area contributed by atoms with Gasteiger partial charge in [0, 0.05) is 5.69 Å². The molecule has 4 heteroatoms. The minimum absolute atomic E-state index is 0.156. The van der Waals surface area contributed by atoms with Crippen molar-refractivity contribution in [2.45, 2.75) is 13.8 Å². The zero-order chi connectivity index (χ0) is 14.1. The highest BCUT2D eigenvalue weighted by molar-refractivity contribution is 6.07. The van der Waals surface area contributed by atoms with Gasteiger partial charge in [0.05, 0.1) is 5.56 Å². The fraction of sp³-hybridized carbons (Fsp3) is 0.188. The average Bonchev–Trinajstić information content (AvgIpc) is 2.92. The Balaban J connectivity index is 1.91. The molecule has 0 radical (unpaired) electrons. The molecule has 1 heterocycles. The van der Waals surface area contributed by atoms with Crippen molar-refractivity contribution >= 4 is 11.6 Å². The van der Waals surface area contributed by atoms with Gasteiger partial charge in [-0.25, -0.2) is 0 Å². The van der Waals surface area contributed by atoms with Crippen LogP contribution >= 0.6 is 0 Å². The van der Waals surface area contributed by atoms with Crippen LogP contribution < -0.4 is 14.8 Å². The summed E-state index contributed by atoms with van der Waals surface area (Å²) in [6, 6.07) is 11.1. The molecule has 3 rings (SSSR count). The molecule has 1 aliphatic heterocycles. The standard InChI is InChI=1S/C16H15NO3/c1-10-5-3-7-13(11(10)2)17-16(18)12-6-4-8-14-15(12)20-9-19-14/h3-8H,9H2,1-2H3,(H,17,18). The Morgan fingerprint density at radius 1 is 1.10 bits per heavy atom. The number of rotatable bonds is 2. The van der Waals surface area contributed by atoms with Crippen LogP contribution in [0.3, 0.4) is 0 Å². The third-order valence-corrected chi connectivity index (χ3v) is 3.49. The summed E-state index contributed by atoms with van der Waals surface area (Å²) in [5, 5.41) is 2.92. The Labute approximate surface area is 117 Å². The van der Waals surface area contributed by atoms with Crippen molar-refractivity contribution < 1.29 is 14.3 Å². The van der Waals surface area contributed by atoms with E-state index in [0.717, 1.165) is 16.8 Å². The largest absolute Gasteiger partial charge is 0.454 e. The van der Waals surface area contributed by atoms with Crippen LogP contribution in [-0.2, 0) is 0 Å². The molecule has 1 N–H and O–H groups in total. The van der Waals surface area contributed by atoms with E-state index in [-0.39, 0.29) is 12.7 Å². The minimum Gasteiger partial charge on any atom is -0.454 e. The fourth-order valence-electron chi connectivity index (χ4n) is 2.19. The first-order valence-corrected chi connectivity index (χ1v) is 6.43. The number of hydrogen-bond acceptors (Lipinski definition) is 3. The van der Waals surface area contributed by atoms with Crippen molar-refractivity contribution in [3.05, 3.63) is 53.1 Å². The lowest BCUT2D eigenvalue weighted by atomic mass is 10.1. The Morgan fingerprint density at radius 2 is 1.90 bits per heavy atom. The predicted octanol–water partition coefficient (Wildman–Crippen LogP) is 3.28. The number of anilines is 1. The second kappa shape index (κ2) is 4.89. The molecule has 0 fully saturated rings. The number of amides is 1. The number of fused-ring (bicyclic) bond motifs is 1. The van der Waals surface area contributed by atoms with Gasteiger partial charge in [-0.15, -0.1) is 0 Å². The number of benzene rings is 2. The van der Waals surface area contributed by atoms with Crippen LogP contribution in [0.1, 0.15) is 21.5 Å². The van der Waals surface area contributed by atoms with Crippen LogP contribution in [0.5, 0.6) is 11.5 Å². The first-order valence-electron chi connectivity index (χ1n) is 6.43. The average molecular weight is 269 g/mol. The van der Waals surface area contributed by atoms with E-state index in [9.17, 15) is 4.79 Å². The monoisotopic (exact) mass is 269 g/mol. The van der Waals surface area contributed by atoms with Gasteiger partial charge in [-0.1, -0.05) is 18.2 Å². The van der Waals surface area contributed by atoms with Gasteiger partial charge in [0.15, 0.2) is 11.5 Å². The Kier molecular flexibility index (Phi) is 3.06. The first kappa shape index (κ1) is 12.5. The SMILES string of the molecule is Cc1cccc(NC(=O)c2cccc3c2OCO3)c1C. The van der Waals surface area contributed by atoms with E-state index in [1.807, 2.05) is 32.0 Å². The highest BCUT2D eigenvalue weighted by Crippen LogP contribution is 2.35. The minimum atomic E-state index is -0.193. The molecule has 2 aromatic carbocycles. The summed E-state index contributed by atoms with van der Waals surface area (Å²) in [7, 11) is 0. The molecule has 1 aliphatic rings. The Hall–Kier alpha value is -2.49. The number of hydrogen-bond donors (Lipinski definition) is 1. The molecule has 0 aliphatic carbocycles. The van der Waals surface area contributed by atoms with Gasteiger partial charge in [-0.05, 0) is 43.2 Å². The molecule has 0 atom stereocenters. The molecule has 20 heavy (non-hydrogen) atoms. The molecule has 2 aromatic rings. The van der Waals surface area contributed by atoms with Crippen LogP contribution in [0.25, 0.3) is 0 Å². The molecular weight excluding hydrogens is 254 g/mol. The van der Waals surface area contributed by atoms with Crippen LogP contribution in [0.2, 0.25) is 0 Å². The second-order valence-corrected chi connectivity index (χ2v) is 4.74. The van der Waals surface area contributed by atoms with E-state index in [0.29, 0.717) is 17.1 Å². The molecule has 0 bridgehead atoms. The number of aryl methyl sites for hydroxylation is 1. The van der Waals surface area contributed by atoms with Crippen LogP contribution in [0, 0.1) is 13.8 Å². The quantitative estimate of drug-likeness (QED) is 0.910. The van der Waals surface area contributed by atoms with Crippen LogP contribution in [0.15, 0.2) is 36.4 Å². The first-order chi connectivity index (χ1) is 9.66. The normalized spacial score (nSPS) is 12.3. The van der Waals surface area contributed by atoms with E-state index in [1.54, 1.807) is 18.2 Å². The molecule has 1 amide bonds. The molecule has 0 saturated heterocycles. The van der Waals surface area contributed by atoms with Gasteiger partial charge < -0.3 is 14.8 Å². The van der Waals surface area contributed by atoms with Gasteiger partial charge in [0.25, 0.3) is 5.91 Å². The Bertz CT molecular complexity index is 679. The van der Waals surface area contributed by atoms with Crippen LogP contribution in [0.4, 0.5) is 5.69 Å². The summed E-state index contributed by atoms with van der Waals surface area (Å²) in [5.74, 6) is 0.926. The lowest BCUT2D eigenvalue weighted by molar-refractivity contribution is 0.102. The van der Waals surface area contributed by atoms with Crippen molar-refractivity contribution in [1.29, 1.82) is 0 Å². The summed E-state index contributed by atoms with van der Waals surface area (Å²) < 4.78 is 10.6. The van der Waals surface area contributed by atoms with Crippen molar-refractivity contribution in [1.82, 2.24) is 0 Å². The van der Waals surface area contributed by atoms with Gasteiger partial charge in [0.1, 0.15) is 0 Å². The lowest BCUT2D eigenvalue weighted by Gasteiger charge is -2.11. The summed E-state index contributed by atoms with van der Waals surface area (Å²) in [5.41, 5.74) is 3.50. The maximum absolute atomic E-state index is 12.4. The molecule has 0 unspecified atom stereocenters. The molecular formula is C16H15NO3. The Morgan fingerprint density at radius 3 is 2.75 bits per heavy atom. The summed E-state index contributed by atoms with van der Waals surface area (Å²) >= 11 is 0. The van der Waals surface area contributed by atoms with Crippen molar-refractivity contribution in [3.63, 3.8) is 0 Å². The zero-order valence-electron chi connectivity index (χ0n) is 11.4. The maximum atomic E-state index is 12.4. The molecule has 0 aromatic heterocycles. The highest BCUT2D eigenvalue weighted by Gasteiger charge is 2.22. The summed E-state index contributed by atoms with van der Waals surface area (Å²) in [4.78, 5) is 12.4. The molecule has 4 nitrogen and oxygen atoms in total. The zero-order valence-corrected chi connectivity index (χ0v) is 11.4. The third-order valence-electron chi connectivity index (χ3n) is 3.49. The summed E-state index contributed by atoms with van der Waals surface area (Å²) in [6.45, 7) is 4.16. The smallest absolute Gasteiger partial charge is 0.259 e. The third kappa shape index (κ3) is 2.09. The number of nitrogens with one attached hydrogen (secondary N) is 1. The highest BCUT2D eigenvalue weighted by atomic mass is 16.7. The van der Waals surface area contributed by atoms with E-state index >= 15 is 0 Å². The summed E-state index contributed by atoms with van der Waals surface area (Å²) in [6.07, 6.45) is 0. The number of carbonyl (C=O) groups excluding carboxylic acids is 1. The van der Waals surface area contributed by atoms with Crippen molar-refractivity contribution in [2.75, 3.05) is 12.1 Å². The van der Waals surface area contributed by atoms with Gasteiger partial charge >= 0.3 is 0 Å². The second-order valence-electron chi connectivity index (χ2n) is 4.74. The molecule has 0 saturated carbocycles. The topological polar surface area (TPSA) is 47.6 Å². The lowest BCUT2D eigenvalue weighted by Crippen LogP contribution is -2.13.